The van der Waals surface area contributed by atoms with Gasteiger partial charge in [0.05, 0.1) is 12.7 Å². The first-order valence-corrected chi connectivity index (χ1v) is 9.05. The monoisotopic (exact) mass is 390 g/mol. The molecule has 1 heterocycles. The first-order valence-electron chi connectivity index (χ1n) is 9.05. The molecule has 0 fully saturated rings. The standard InChI is InChI=1S/C22H22N4O3/c1-13-8-9-18(14(2)10-13)25-22-23-15(3)11-19(26-22)20(27)24-17-7-5-6-16(12-17)21(28)29-4/h5-12H,1-4H3,(H,24,27)(H,23,25,26). The van der Waals surface area contributed by atoms with Crippen molar-refractivity contribution in [2.24, 2.45) is 0 Å². The summed E-state index contributed by atoms with van der Waals surface area (Å²) in [7, 11) is 1.31. The van der Waals surface area contributed by atoms with E-state index in [0.29, 0.717) is 22.9 Å². The van der Waals surface area contributed by atoms with Gasteiger partial charge in [-0.05, 0) is 56.7 Å². The highest BCUT2D eigenvalue weighted by Crippen LogP contribution is 2.20. The van der Waals surface area contributed by atoms with Crippen molar-refractivity contribution >= 4 is 29.2 Å². The Morgan fingerprint density at radius 3 is 2.48 bits per heavy atom. The number of ether oxygens (including phenoxy) is 1. The zero-order chi connectivity index (χ0) is 21.0. The molecule has 1 amide bonds. The fourth-order valence-electron chi connectivity index (χ4n) is 2.85. The van der Waals surface area contributed by atoms with Crippen LogP contribution in [-0.4, -0.2) is 29.0 Å². The van der Waals surface area contributed by atoms with Crippen molar-refractivity contribution in [3.8, 4) is 0 Å². The summed E-state index contributed by atoms with van der Waals surface area (Å²) >= 11 is 0. The van der Waals surface area contributed by atoms with Gasteiger partial charge in [0.25, 0.3) is 5.91 Å². The third kappa shape index (κ3) is 4.95. The van der Waals surface area contributed by atoms with Gasteiger partial charge in [0.15, 0.2) is 0 Å². The Bertz CT molecular complexity index is 1080. The fourth-order valence-corrected chi connectivity index (χ4v) is 2.85. The van der Waals surface area contributed by atoms with Crippen LogP contribution in [0.25, 0.3) is 0 Å². The molecule has 2 aromatic carbocycles. The van der Waals surface area contributed by atoms with E-state index in [9.17, 15) is 9.59 Å². The molecule has 0 bridgehead atoms. The van der Waals surface area contributed by atoms with Crippen molar-refractivity contribution in [2.75, 3.05) is 17.7 Å². The quantitative estimate of drug-likeness (QED) is 0.635. The number of hydrogen-bond donors (Lipinski definition) is 2. The summed E-state index contributed by atoms with van der Waals surface area (Å²) in [5, 5.41) is 5.92. The molecular formula is C22H22N4O3. The lowest BCUT2D eigenvalue weighted by atomic mass is 10.1. The Hall–Kier alpha value is -3.74. The van der Waals surface area contributed by atoms with Crippen LogP contribution in [-0.2, 0) is 4.74 Å². The van der Waals surface area contributed by atoms with E-state index < -0.39 is 11.9 Å². The predicted molar refractivity (Wildman–Crippen MR) is 112 cm³/mol. The highest BCUT2D eigenvalue weighted by atomic mass is 16.5. The van der Waals surface area contributed by atoms with Crippen molar-refractivity contribution in [1.29, 1.82) is 0 Å². The van der Waals surface area contributed by atoms with Gasteiger partial charge in [-0.25, -0.2) is 14.8 Å². The van der Waals surface area contributed by atoms with E-state index in [0.717, 1.165) is 16.8 Å². The summed E-state index contributed by atoms with van der Waals surface area (Å²) in [6, 6.07) is 14.1. The summed E-state index contributed by atoms with van der Waals surface area (Å²) in [6.45, 7) is 5.81. The predicted octanol–water partition coefficient (Wildman–Crippen LogP) is 4.18. The van der Waals surface area contributed by atoms with Crippen LogP contribution in [0.1, 0.15) is 37.7 Å². The lowest BCUT2D eigenvalue weighted by molar-refractivity contribution is 0.0600. The molecule has 148 valence electrons. The average Bonchev–Trinajstić information content (AvgIpc) is 2.69. The lowest BCUT2D eigenvalue weighted by Crippen LogP contribution is -2.16. The average molecular weight is 390 g/mol. The van der Waals surface area contributed by atoms with Crippen molar-refractivity contribution in [1.82, 2.24) is 9.97 Å². The summed E-state index contributed by atoms with van der Waals surface area (Å²) < 4.78 is 4.71. The van der Waals surface area contributed by atoms with Gasteiger partial charge in [0.2, 0.25) is 5.95 Å². The largest absolute Gasteiger partial charge is 0.465 e. The first-order chi connectivity index (χ1) is 13.9. The van der Waals surface area contributed by atoms with Gasteiger partial charge in [-0.1, -0.05) is 23.8 Å². The van der Waals surface area contributed by atoms with Crippen molar-refractivity contribution in [2.45, 2.75) is 20.8 Å². The van der Waals surface area contributed by atoms with Crippen LogP contribution in [0.15, 0.2) is 48.5 Å². The van der Waals surface area contributed by atoms with Crippen LogP contribution in [0.2, 0.25) is 0 Å². The normalized spacial score (nSPS) is 10.3. The smallest absolute Gasteiger partial charge is 0.337 e. The van der Waals surface area contributed by atoms with Gasteiger partial charge in [-0.2, -0.15) is 0 Å². The second kappa shape index (κ2) is 8.52. The van der Waals surface area contributed by atoms with Gasteiger partial charge in [-0.15, -0.1) is 0 Å². The number of rotatable bonds is 5. The van der Waals surface area contributed by atoms with Crippen LogP contribution >= 0.6 is 0 Å². The first kappa shape index (κ1) is 20.0. The second-order valence-corrected chi connectivity index (χ2v) is 6.69. The van der Waals surface area contributed by atoms with Crippen LogP contribution in [0.4, 0.5) is 17.3 Å². The van der Waals surface area contributed by atoms with E-state index in [1.54, 1.807) is 37.3 Å². The number of hydrogen-bond acceptors (Lipinski definition) is 6. The molecule has 3 aromatic rings. The number of aryl methyl sites for hydroxylation is 3. The molecule has 3 rings (SSSR count). The number of anilines is 3. The molecule has 0 atom stereocenters. The molecular weight excluding hydrogens is 368 g/mol. The number of methoxy groups -OCH3 is 1. The van der Waals surface area contributed by atoms with Crippen molar-refractivity contribution in [3.63, 3.8) is 0 Å². The Morgan fingerprint density at radius 1 is 0.966 bits per heavy atom. The molecule has 0 unspecified atom stereocenters. The highest BCUT2D eigenvalue weighted by Gasteiger charge is 2.13. The van der Waals surface area contributed by atoms with E-state index in [-0.39, 0.29) is 5.69 Å². The number of carbonyl (C=O) groups is 2. The maximum absolute atomic E-state index is 12.7. The molecule has 29 heavy (non-hydrogen) atoms. The van der Waals surface area contributed by atoms with Gasteiger partial charge in [0.1, 0.15) is 5.69 Å². The van der Waals surface area contributed by atoms with Crippen LogP contribution < -0.4 is 10.6 Å². The number of aromatic nitrogens is 2. The topological polar surface area (TPSA) is 93.2 Å². The summed E-state index contributed by atoms with van der Waals surface area (Å²) in [5.74, 6) is -0.537. The van der Waals surface area contributed by atoms with Crippen LogP contribution in [0.5, 0.6) is 0 Å². The van der Waals surface area contributed by atoms with Crippen LogP contribution in [0, 0.1) is 20.8 Å². The van der Waals surface area contributed by atoms with Crippen molar-refractivity contribution in [3.05, 3.63) is 76.6 Å². The SMILES string of the molecule is COC(=O)c1cccc(NC(=O)c2cc(C)nc(Nc3ccc(C)cc3C)n2)c1. The third-order valence-corrected chi connectivity index (χ3v) is 4.26. The minimum Gasteiger partial charge on any atom is -0.465 e. The Balaban J connectivity index is 1.82. The van der Waals surface area contributed by atoms with E-state index in [2.05, 4.69) is 26.7 Å². The van der Waals surface area contributed by atoms with E-state index >= 15 is 0 Å². The summed E-state index contributed by atoms with van der Waals surface area (Å²) in [5.41, 5.74) is 4.78. The third-order valence-electron chi connectivity index (χ3n) is 4.26. The lowest BCUT2D eigenvalue weighted by Gasteiger charge is -2.11. The fraction of sp³-hybridized carbons (Fsp3) is 0.182. The number of carbonyl (C=O) groups excluding carboxylic acids is 2. The molecule has 2 N–H and O–H groups in total. The molecule has 0 saturated heterocycles. The minimum atomic E-state index is -0.473. The number of benzene rings is 2. The Morgan fingerprint density at radius 2 is 1.76 bits per heavy atom. The van der Waals surface area contributed by atoms with Crippen molar-refractivity contribution < 1.29 is 14.3 Å². The maximum Gasteiger partial charge on any atom is 0.337 e. The van der Waals surface area contributed by atoms with Gasteiger partial charge in [0, 0.05) is 17.1 Å². The second-order valence-electron chi connectivity index (χ2n) is 6.69. The molecule has 0 aliphatic heterocycles. The van der Waals surface area contributed by atoms with Crippen LogP contribution in [0.3, 0.4) is 0 Å². The number of amides is 1. The van der Waals surface area contributed by atoms with Gasteiger partial charge in [-0.3, -0.25) is 4.79 Å². The summed E-state index contributed by atoms with van der Waals surface area (Å²) in [4.78, 5) is 33.1. The number of esters is 1. The van der Waals surface area contributed by atoms with E-state index in [4.69, 9.17) is 4.74 Å². The number of nitrogens with zero attached hydrogens (tertiary/aromatic N) is 2. The Kier molecular flexibility index (Phi) is 5.87. The molecule has 0 spiro atoms. The summed E-state index contributed by atoms with van der Waals surface area (Å²) in [6.07, 6.45) is 0. The van der Waals surface area contributed by atoms with Gasteiger partial charge >= 0.3 is 5.97 Å². The zero-order valence-electron chi connectivity index (χ0n) is 16.7. The molecule has 0 radical (unpaired) electrons. The molecule has 1 aromatic heterocycles. The zero-order valence-corrected chi connectivity index (χ0v) is 16.7. The molecule has 0 saturated carbocycles. The minimum absolute atomic E-state index is 0.216. The molecule has 7 heteroatoms. The Labute approximate surface area is 169 Å². The molecule has 0 aliphatic rings. The van der Waals surface area contributed by atoms with Gasteiger partial charge < -0.3 is 15.4 Å². The number of nitrogens with one attached hydrogen (secondary N) is 2. The van der Waals surface area contributed by atoms with E-state index in [1.165, 1.54) is 7.11 Å². The van der Waals surface area contributed by atoms with E-state index in [1.807, 2.05) is 26.0 Å². The highest BCUT2D eigenvalue weighted by molar-refractivity contribution is 6.03. The molecule has 0 aliphatic carbocycles. The maximum atomic E-state index is 12.7. The molecule has 7 nitrogen and oxygen atoms in total.